The van der Waals surface area contributed by atoms with Crippen molar-refractivity contribution in [2.24, 2.45) is 0 Å². The van der Waals surface area contributed by atoms with Crippen LogP contribution in [-0.4, -0.2) is 75.5 Å². The summed E-state index contributed by atoms with van der Waals surface area (Å²) in [7, 11) is -1.82. The Morgan fingerprint density at radius 3 is 2.48 bits per heavy atom. The first-order valence-electron chi connectivity index (χ1n) is 7.97. The molecule has 0 aliphatic carbocycles. The number of piperazine rings is 1. The lowest BCUT2D eigenvalue weighted by molar-refractivity contribution is 0.0821. The molecule has 2 unspecified atom stereocenters. The molecule has 2 atom stereocenters. The Morgan fingerprint density at radius 1 is 1.13 bits per heavy atom. The molecule has 0 radical (unpaired) electrons. The molecule has 2 aliphatic heterocycles. The second kappa shape index (κ2) is 7.27. The predicted octanol–water partition coefficient (Wildman–Crippen LogP) is 0.548. The van der Waals surface area contributed by atoms with Crippen LogP contribution in [0.15, 0.2) is 30.3 Å². The van der Waals surface area contributed by atoms with Crippen molar-refractivity contribution in [3.05, 3.63) is 35.9 Å². The van der Waals surface area contributed by atoms with Crippen LogP contribution in [0.25, 0.3) is 0 Å². The highest BCUT2D eigenvalue weighted by molar-refractivity contribution is 7.89. The molecule has 1 aromatic rings. The lowest BCUT2D eigenvalue weighted by Gasteiger charge is -2.35. The third-order valence-electron chi connectivity index (χ3n) is 4.60. The van der Waals surface area contributed by atoms with Crippen molar-refractivity contribution < 1.29 is 17.9 Å². The Hall–Kier alpha value is -0.990. The number of sulfonamides is 1. The fourth-order valence-electron chi connectivity index (χ4n) is 3.19. The van der Waals surface area contributed by atoms with E-state index in [1.807, 2.05) is 18.2 Å². The number of benzene rings is 1. The van der Waals surface area contributed by atoms with Gasteiger partial charge in [-0.2, -0.15) is 4.31 Å². The fraction of sp³-hybridized carbons (Fsp3) is 0.625. The monoisotopic (exact) mass is 340 g/mol. The van der Waals surface area contributed by atoms with E-state index in [1.165, 1.54) is 5.56 Å². The van der Waals surface area contributed by atoms with Gasteiger partial charge in [0.05, 0.1) is 13.2 Å². The van der Waals surface area contributed by atoms with Gasteiger partial charge in [0.15, 0.2) is 0 Å². The van der Waals surface area contributed by atoms with Gasteiger partial charge in [-0.25, -0.2) is 8.42 Å². The number of ether oxygens (including phenoxy) is 2. The smallest absolute Gasteiger partial charge is 0.222 e. The Kier molecular flexibility index (Phi) is 5.33. The van der Waals surface area contributed by atoms with Gasteiger partial charge in [-0.3, -0.25) is 4.90 Å². The van der Waals surface area contributed by atoms with Crippen LogP contribution in [0.4, 0.5) is 0 Å². The van der Waals surface area contributed by atoms with E-state index in [0.29, 0.717) is 19.7 Å². The molecule has 1 aromatic carbocycles. The topological polar surface area (TPSA) is 59.1 Å². The Balaban J connectivity index is 1.58. The highest BCUT2D eigenvalue weighted by Crippen LogP contribution is 2.22. The SMILES string of the molecule is COC1COCC1S(=O)(=O)N1CCN(Cc2ccccc2)CC1. The normalized spacial score (nSPS) is 27.3. The Labute approximate surface area is 138 Å². The van der Waals surface area contributed by atoms with Gasteiger partial charge in [0, 0.05) is 39.8 Å². The van der Waals surface area contributed by atoms with E-state index >= 15 is 0 Å². The molecule has 0 N–H and O–H groups in total. The molecule has 2 aliphatic rings. The van der Waals surface area contributed by atoms with Crippen LogP contribution in [0, 0.1) is 0 Å². The number of methoxy groups -OCH3 is 1. The van der Waals surface area contributed by atoms with Gasteiger partial charge in [-0.15, -0.1) is 0 Å². The average molecular weight is 340 g/mol. The molecule has 6 nitrogen and oxygen atoms in total. The summed E-state index contributed by atoms with van der Waals surface area (Å²) in [6.45, 7) is 4.00. The zero-order chi connectivity index (χ0) is 16.3. The van der Waals surface area contributed by atoms with E-state index in [4.69, 9.17) is 9.47 Å². The Morgan fingerprint density at radius 2 is 1.83 bits per heavy atom. The van der Waals surface area contributed by atoms with Gasteiger partial charge in [0.25, 0.3) is 0 Å². The van der Waals surface area contributed by atoms with Gasteiger partial charge in [0.2, 0.25) is 10.0 Å². The van der Waals surface area contributed by atoms with E-state index in [0.717, 1.165) is 19.6 Å². The first-order valence-corrected chi connectivity index (χ1v) is 9.47. The highest BCUT2D eigenvalue weighted by Gasteiger charge is 2.42. The van der Waals surface area contributed by atoms with Crippen molar-refractivity contribution in [2.75, 3.05) is 46.5 Å². The molecule has 7 heteroatoms. The van der Waals surface area contributed by atoms with E-state index in [1.54, 1.807) is 11.4 Å². The highest BCUT2D eigenvalue weighted by atomic mass is 32.2. The zero-order valence-corrected chi connectivity index (χ0v) is 14.2. The molecule has 3 rings (SSSR count). The summed E-state index contributed by atoms with van der Waals surface area (Å²) < 4.78 is 37.7. The standard InChI is InChI=1S/C16H24N2O4S/c1-21-15-12-22-13-16(15)23(19,20)18-9-7-17(8-10-18)11-14-5-3-2-4-6-14/h2-6,15-16H,7-13H2,1H3. The summed E-state index contributed by atoms with van der Waals surface area (Å²) in [6, 6.07) is 10.3. The third kappa shape index (κ3) is 3.75. The molecular formula is C16H24N2O4S. The molecule has 0 saturated carbocycles. The van der Waals surface area contributed by atoms with Crippen LogP contribution >= 0.6 is 0 Å². The van der Waals surface area contributed by atoms with Gasteiger partial charge in [-0.1, -0.05) is 30.3 Å². The molecule has 2 heterocycles. The molecule has 0 aromatic heterocycles. The summed E-state index contributed by atoms with van der Waals surface area (Å²) in [5.41, 5.74) is 1.26. The summed E-state index contributed by atoms with van der Waals surface area (Å²) >= 11 is 0. The van der Waals surface area contributed by atoms with Crippen molar-refractivity contribution in [2.45, 2.75) is 17.9 Å². The largest absolute Gasteiger partial charge is 0.378 e. The predicted molar refractivity (Wildman–Crippen MR) is 87.6 cm³/mol. The first kappa shape index (κ1) is 16.9. The maximum atomic E-state index is 12.8. The van der Waals surface area contributed by atoms with E-state index in [2.05, 4.69) is 17.0 Å². The van der Waals surface area contributed by atoms with Gasteiger partial charge < -0.3 is 9.47 Å². The van der Waals surface area contributed by atoms with Gasteiger partial charge >= 0.3 is 0 Å². The van der Waals surface area contributed by atoms with Crippen molar-refractivity contribution >= 4 is 10.0 Å². The van der Waals surface area contributed by atoms with E-state index in [9.17, 15) is 8.42 Å². The maximum Gasteiger partial charge on any atom is 0.222 e. The minimum atomic E-state index is -3.36. The fourth-order valence-corrected chi connectivity index (χ4v) is 5.08. The summed E-state index contributed by atoms with van der Waals surface area (Å²) in [5, 5.41) is -0.576. The molecule has 0 bridgehead atoms. The maximum absolute atomic E-state index is 12.8. The summed E-state index contributed by atoms with van der Waals surface area (Å²) in [5.74, 6) is 0. The zero-order valence-electron chi connectivity index (χ0n) is 13.4. The second-order valence-corrected chi connectivity index (χ2v) is 8.21. The number of rotatable bonds is 5. The summed E-state index contributed by atoms with van der Waals surface area (Å²) in [4.78, 5) is 2.29. The minimum absolute atomic E-state index is 0.227. The molecule has 2 fully saturated rings. The number of hydrogen-bond acceptors (Lipinski definition) is 5. The number of nitrogens with zero attached hydrogens (tertiary/aromatic N) is 2. The van der Waals surface area contributed by atoms with Crippen molar-refractivity contribution in [3.63, 3.8) is 0 Å². The third-order valence-corrected chi connectivity index (χ3v) is 6.89. The average Bonchev–Trinajstić information content (AvgIpc) is 3.06. The van der Waals surface area contributed by atoms with Crippen LogP contribution in [-0.2, 0) is 26.0 Å². The van der Waals surface area contributed by atoms with E-state index in [-0.39, 0.29) is 12.7 Å². The first-order chi connectivity index (χ1) is 11.1. The molecule has 2 saturated heterocycles. The quantitative estimate of drug-likeness (QED) is 0.783. The molecular weight excluding hydrogens is 316 g/mol. The summed E-state index contributed by atoms with van der Waals surface area (Å²) in [6.07, 6.45) is -0.359. The molecule has 0 amide bonds. The molecule has 128 valence electrons. The van der Waals surface area contributed by atoms with Gasteiger partial charge in [0.1, 0.15) is 11.4 Å². The lowest BCUT2D eigenvalue weighted by atomic mass is 10.2. The lowest BCUT2D eigenvalue weighted by Crippen LogP contribution is -2.52. The van der Waals surface area contributed by atoms with Crippen LogP contribution < -0.4 is 0 Å². The minimum Gasteiger partial charge on any atom is -0.378 e. The van der Waals surface area contributed by atoms with E-state index < -0.39 is 15.3 Å². The van der Waals surface area contributed by atoms with Gasteiger partial charge in [-0.05, 0) is 5.56 Å². The van der Waals surface area contributed by atoms with Crippen LogP contribution in [0.2, 0.25) is 0 Å². The van der Waals surface area contributed by atoms with Crippen LogP contribution in [0.5, 0.6) is 0 Å². The Bertz CT molecular complexity index is 600. The van der Waals surface area contributed by atoms with Crippen molar-refractivity contribution in [1.82, 2.24) is 9.21 Å². The van der Waals surface area contributed by atoms with Crippen molar-refractivity contribution in [3.8, 4) is 0 Å². The molecule has 0 spiro atoms. The van der Waals surface area contributed by atoms with Crippen LogP contribution in [0.3, 0.4) is 0 Å². The van der Waals surface area contributed by atoms with Crippen LogP contribution in [0.1, 0.15) is 5.56 Å². The molecule has 23 heavy (non-hydrogen) atoms. The van der Waals surface area contributed by atoms with Crippen molar-refractivity contribution in [1.29, 1.82) is 0 Å². The number of hydrogen-bond donors (Lipinski definition) is 0. The second-order valence-electron chi connectivity index (χ2n) is 6.06.